The number of carbonyl (C=O) groups is 1. The molecular weight excluding hydrogens is 400 g/mol. The second kappa shape index (κ2) is 8.73. The van der Waals surface area contributed by atoms with E-state index >= 15 is 0 Å². The third-order valence-electron chi connectivity index (χ3n) is 4.80. The highest BCUT2D eigenvalue weighted by molar-refractivity contribution is 7.13. The summed E-state index contributed by atoms with van der Waals surface area (Å²) >= 11 is 1.48. The Morgan fingerprint density at radius 3 is 2.80 bits per heavy atom. The van der Waals surface area contributed by atoms with E-state index in [0.29, 0.717) is 17.9 Å². The van der Waals surface area contributed by atoms with Crippen molar-refractivity contribution in [3.8, 4) is 10.8 Å². The van der Waals surface area contributed by atoms with Crippen molar-refractivity contribution in [3.63, 3.8) is 0 Å². The van der Waals surface area contributed by atoms with E-state index in [9.17, 15) is 4.79 Å². The van der Waals surface area contributed by atoms with Crippen LogP contribution >= 0.6 is 11.3 Å². The number of anilines is 2. The normalized spacial score (nSPS) is 18.2. The molecule has 1 fully saturated rings. The van der Waals surface area contributed by atoms with Gasteiger partial charge in [0.2, 0.25) is 0 Å². The van der Waals surface area contributed by atoms with Gasteiger partial charge in [0.25, 0.3) is 5.91 Å². The Balaban J connectivity index is 1.34. The molecule has 7 nitrogen and oxygen atoms in total. The number of aromatic nitrogens is 1. The number of benzene rings is 1. The van der Waals surface area contributed by atoms with E-state index < -0.39 is 5.72 Å². The van der Waals surface area contributed by atoms with Crippen LogP contribution in [-0.4, -0.2) is 23.2 Å². The van der Waals surface area contributed by atoms with Gasteiger partial charge in [-0.05, 0) is 56.2 Å². The molecular formula is C22H24N4O3S. The fourth-order valence-corrected chi connectivity index (χ4v) is 4.07. The van der Waals surface area contributed by atoms with Crippen molar-refractivity contribution in [2.24, 2.45) is 0 Å². The highest BCUT2D eigenvalue weighted by atomic mass is 32.1. The molecule has 1 aliphatic rings. The Morgan fingerprint density at radius 2 is 2.07 bits per heavy atom. The number of nitrogens with one attached hydrogen (secondary N) is 2. The van der Waals surface area contributed by atoms with Crippen molar-refractivity contribution in [2.75, 3.05) is 17.7 Å². The quantitative estimate of drug-likeness (QED) is 0.520. The molecule has 4 N–H and O–H groups in total. The van der Waals surface area contributed by atoms with Crippen molar-refractivity contribution < 1.29 is 14.3 Å². The summed E-state index contributed by atoms with van der Waals surface area (Å²) in [5.41, 5.74) is 5.93. The maximum absolute atomic E-state index is 12.6. The van der Waals surface area contributed by atoms with Gasteiger partial charge < -0.3 is 25.8 Å². The SMILES string of the molecule is C[C@]1(Nc2ccc(C(=O)NCc3ccc(Oc4ccccc4)s3)c(N)n2)CCCO1. The average molecular weight is 425 g/mol. The zero-order chi connectivity index (χ0) is 21.0. The van der Waals surface area contributed by atoms with Crippen molar-refractivity contribution in [1.29, 1.82) is 0 Å². The van der Waals surface area contributed by atoms with Crippen LogP contribution in [0.4, 0.5) is 11.6 Å². The van der Waals surface area contributed by atoms with E-state index in [4.69, 9.17) is 15.2 Å². The summed E-state index contributed by atoms with van der Waals surface area (Å²) in [5, 5.41) is 6.90. The average Bonchev–Trinajstić information content (AvgIpc) is 3.36. The molecule has 1 atom stereocenters. The molecule has 1 aromatic carbocycles. The van der Waals surface area contributed by atoms with Crippen molar-refractivity contribution in [2.45, 2.75) is 32.0 Å². The number of pyridine rings is 1. The molecule has 1 saturated heterocycles. The summed E-state index contributed by atoms with van der Waals surface area (Å²) in [4.78, 5) is 17.8. The molecule has 0 saturated carbocycles. The molecule has 1 amide bonds. The second-order valence-corrected chi connectivity index (χ2v) is 8.39. The molecule has 4 rings (SSSR count). The largest absolute Gasteiger partial charge is 0.447 e. The number of thiophene rings is 1. The highest BCUT2D eigenvalue weighted by Crippen LogP contribution is 2.30. The van der Waals surface area contributed by atoms with Crippen LogP contribution in [-0.2, 0) is 11.3 Å². The molecule has 0 bridgehead atoms. The lowest BCUT2D eigenvalue weighted by Gasteiger charge is -2.25. The summed E-state index contributed by atoms with van der Waals surface area (Å²) in [6, 6.07) is 16.8. The van der Waals surface area contributed by atoms with Crippen molar-refractivity contribution in [3.05, 3.63) is 65.0 Å². The molecule has 156 valence electrons. The van der Waals surface area contributed by atoms with Crippen LogP contribution in [0.15, 0.2) is 54.6 Å². The lowest BCUT2D eigenvalue weighted by molar-refractivity contribution is 0.0443. The highest BCUT2D eigenvalue weighted by Gasteiger charge is 2.30. The summed E-state index contributed by atoms with van der Waals surface area (Å²) in [6.45, 7) is 3.09. The monoisotopic (exact) mass is 424 g/mol. The van der Waals surface area contributed by atoms with Gasteiger partial charge in [0, 0.05) is 11.5 Å². The van der Waals surface area contributed by atoms with Gasteiger partial charge in [-0.25, -0.2) is 4.98 Å². The fraction of sp³-hybridized carbons (Fsp3) is 0.273. The zero-order valence-corrected chi connectivity index (χ0v) is 17.5. The zero-order valence-electron chi connectivity index (χ0n) is 16.7. The molecule has 0 spiro atoms. The molecule has 30 heavy (non-hydrogen) atoms. The van der Waals surface area contributed by atoms with E-state index in [2.05, 4.69) is 15.6 Å². The molecule has 8 heteroatoms. The summed E-state index contributed by atoms with van der Waals surface area (Å²) in [7, 11) is 0. The molecule has 3 heterocycles. The van der Waals surface area contributed by atoms with Gasteiger partial charge in [-0.1, -0.05) is 18.2 Å². The van der Waals surface area contributed by atoms with Gasteiger partial charge in [-0.15, -0.1) is 11.3 Å². The summed E-state index contributed by atoms with van der Waals surface area (Å²) in [5.74, 6) is 1.28. The molecule has 0 aliphatic carbocycles. The van der Waals surface area contributed by atoms with Crippen molar-refractivity contribution in [1.82, 2.24) is 10.3 Å². The Labute approximate surface area is 179 Å². The number of para-hydroxylation sites is 1. The van der Waals surface area contributed by atoms with Crippen LogP contribution in [0.1, 0.15) is 35.0 Å². The first-order chi connectivity index (χ1) is 14.5. The van der Waals surface area contributed by atoms with Crippen LogP contribution in [0.25, 0.3) is 0 Å². The first kappa shape index (κ1) is 20.2. The lowest BCUT2D eigenvalue weighted by Crippen LogP contribution is -2.34. The van der Waals surface area contributed by atoms with Crippen LogP contribution in [0.2, 0.25) is 0 Å². The van der Waals surface area contributed by atoms with Crippen LogP contribution in [0.5, 0.6) is 10.8 Å². The summed E-state index contributed by atoms with van der Waals surface area (Å²) in [6.07, 6.45) is 1.90. The topological polar surface area (TPSA) is 98.5 Å². The minimum absolute atomic E-state index is 0.179. The molecule has 0 radical (unpaired) electrons. The minimum Gasteiger partial charge on any atom is -0.447 e. The van der Waals surface area contributed by atoms with Gasteiger partial charge in [-0.3, -0.25) is 4.79 Å². The third kappa shape index (κ3) is 4.90. The first-order valence-electron chi connectivity index (χ1n) is 9.79. The van der Waals surface area contributed by atoms with Crippen LogP contribution in [0, 0.1) is 0 Å². The van der Waals surface area contributed by atoms with Gasteiger partial charge in [-0.2, -0.15) is 0 Å². The number of nitrogens with zero attached hydrogens (tertiary/aromatic N) is 1. The maximum Gasteiger partial charge on any atom is 0.255 e. The molecule has 2 aromatic heterocycles. The predicted octanol–water partition coefficient (Wildman–Crippen LogP) is 4.39. The van der Waals surface area contributed by atoms with E-state index in [1.54, 1.807) is 12.1 Å². The number of nitrogen functional groups attached to an aromatic ring is 1. The third-order valence-corrected chi connectivity index (χ3v) is 5.77. The standard InChI is InChI=1S/C22H24N4O3S/c1-22(12-5-13-28-22)26-18-10-9-17(20(23)25-18)21(27)24-14-16-8-11-19(30-16)29-15-6-3-2-4-7-15/h2-4,6-11H,5,12-14H2,1H3,(H,24,27)(H3,23,25,26)/t22-/m1/s1. The van der Waals surface area contributed by atoms with Gasteiger partial charge in [0.15, 0.2) is 5.06 Å². The number of amides is 1. The van der Waals surface area contributed by atoms with Gasteiger partial charge >= 0.3 is 0 Å². The Bertz CT molecular complexity index is 1020. The minimum atomic E-state index is -0.443. The first-order valence-corrected chi connectivity index (χ1v) is 10.6. The number of nitrogens with two attached hydrogens (primary N) is 1. The number of hydrogen-bond acceptors (Lipinski definition) is 7. The van der Waals surface area contributed by atoms with E-state index in [0.717, 1.165) is 35.1 Å². The summed E-state index contributed by atoms with van der Waals surface area (Å²) < 4.78 is 11.5. The number of rotatable bonds is 7. The smallest absolute Gasteiger partial charge is 0.255 e. The molecule has 3 aromatic rings. The van der Waals surface area contributed by atoms with Crippen LogP contribution in [0.3, 0.4) is 0 Å². The van der Waals surface area contributed by atoms with E-state index in [1.165, 1.54) is 11.3 Å². The van der Waals surface area contributed by atoms with Gasteiger partial charge in [0.05, 0.1) is 12.1 Å². The fourth-order valence-electron chi connectivity index (χ4n) is 3.26. The maximum atomic E-state index is 12.6. The Hall–Kier alpha value is -3.10. The Morgan fingerprint density at radius 1 is 1.23 bits per heavy atom. The molecule has 1 aliphatic heterocycles. The van der Waals surface area contributed by atoms with Crippen molar-refractivity contribution >= 4 is 28.9 Å². The van der Waals surface area contributed by atoms with Crippen LogP contribution < -0.4 is 21.1 Å². The van der Waals surface area contributed by atoms with E-state index in [-0.39, 0.29) is 11.7 Å². The Kier molecular flexibility index (Phi) is 5.87. The number of carbonyl (C=O) groups excluding carboxylic acids is 1. The number of ether oxygens (including phenoxy) is 2. The second-order valence-electron chi connectivity index (χ2n) is 7.26. The lowest BCUT2D eigenvalue weighted by atomic mass is 10.1. The van der Waals surface area contributed by atoms with E-state index in [1.807, 2.05) is 49.4 Å². The molecule has 0 unspecified atom stereocenters. The predicted molar refractivity (Wildman–Crippen MR) is 118 cm³/mol. The van der Waals surface area contributed by atoms with Gasteiger partial charge in [0.1, 0.15) is 23.1 Å². The number of hydrogen-bond donors (Lipinski definition) is 3.